The number of hydrogen-bond donors (Lipinski definition) is 1. The molecule has 0 fully saturated rings. The van der Waals surface area contributed by atoms with Crippen molar-refractivity contribution in [2.45, 2.75) is 0 Å². The molecule has 0 radical (unpaired) electrons. The molecule has 7 nitrogen and oxygen atoms in total. The van der Waals surface area contributed by atoms with Crippen molar-refractivity contribution >= 4 is 27.1 Å². The predicted molar refractivity (Wildman–Crippen MR) is 71.3 cm³/mol. The molecule has 0 unspecified atom stereocenters. The molecule has 0 saturated heterocycles. The van der Waals surface area contributed by atoms with Crippen LogP contribution in [0.1, 0.15) is 0 Å². The first-order chi connectivity index (χ1) is 8.86. The maximum Gasteiger partial charge on any atom is 0.239 e. The van der Waals surface area contributed by atoms with Gasteiger partial charge in [-0.2, -0.15) is 9.40 Å². The second kappa shape index (κ2) is 4.98. The quantitative estimate of drug-likeness (QED) is 0.866. The molecule has 0 spiro atoms. The number of nitrogens with one attached hydrogen (secondary N) is 1. The van der Waals surface area contributed by atoms with Crippen molar-refractivity contribution in [1.82, 2.24) is 13.9 Å². The number of carbonyl (C=O) groups excluding carboxylic acids is 1. The van der Waals surface area contributed by atoms with Crippen molar-refractivity contribution in [3.63, 3.8) is 0 Å². The first-order valence-corrected chi connectivity index (χ1v) is 7.35. The van der Waals surface area contributed by atoms with Crippen molar-refractivity contribution in [2.75, 3.05) is 25.2 Å². The van der Waals surface area contributed by atoms with Gasteiger partial charge in [-0.25, -0.2) is 12.9 Å². The number of pyridine rings is 1. The SMILES string of the molecule is CN(CC(=O)Nc1ccn2nccc2c1)S(C)(=O)=O. The summed E-state index contributed by atoms with van der Waals surface area (Å²) in [6.07, 6.45) is 4.42. The average Bonchev–Trinajstić information content (AvgIpc) is 2.74. The largest absolute Gasteiger partial charge is 0.325 e. The van der Waals surface area contributed by atoms with E-state index >= 15 is 0 Å². The third-order valence-corrected chi connectivity index (χ3v) is 3.88. The molecule has 8 heteroatoms. The van der Waals surface area contributed by atoms with Crippen LogP contribution < -0.4 is 5.32 Å². The minimum atomic E-state index is -3.36. The van der Waals surface area contributed by atoms with Gasteiger partial charge in [0.1, 0.15) is 0 Å². The van der Waals surface area contributed by atoms with Crippen molar-refractivity contribution in [3.8, 4) is 0 Å². The summed E-state index contributed by atoms with van der Waals surface area (Å²) in [4.78, 5) is 11.7. The number of rotatable bonds is 4. The average molecular weight is 282 g/mol. The number of anilines is 1. The second-order valence-corrected chi connectivity index (χ2v) is 6.27. The third-order valence-electron chi connectivity index (χ3n) is 2.62. The van der Waals surface area contributed by atoms with Gasteiger partial charge in [-0.1, -0.05) is 0 Å². The zero-order valence-corrected chi connectivity index (χ0v) is 11.4. The lowest BCUT2D eigenvalue weighted by Crippen LogP contribution is -2.34. The molecule has 2 aromatic rings. The lowest BCUT2D eigenvalue weighted by molar-refractivity contribution is -0.116. The number of carbonyl (C=O) groups is 1. The van der Waals surface area contributed by atoms with Gasteiger partial charge in [0.05, 0.1) is 18.3 Å². The minimum absolute atomic E-state index is 0.219. The highest BCUT2D eigenvalue weighted by Crippen LogP contribution is 2.11. The molecule has 19 heavy (non-hydrogen) atoms. The van der Waals surface area contributed by atoms with Crippen LogP contribution in [0.5, 0.6) is 0 Å². The molecule has 102 valence electrons. The predicted octanol–water partition coefficient (Wildman–Crippen LogP) is 0.164. The van der Waals surface area contributed by atoms with Crippen molar-refractivity contribution in [1.29, 1.82) is 0 Å². The summed E-state index contributed by atoms with van der Waals surface area (Å²) in [6, 6.07) is 5.25. The Bertz CT molecular complexity index is 708. The summed E-state index contributed by atoms with van der Waals surface area (Å²) in [6.45, 7) is -0.219. The van der Waals surface area contributed by atoms with Crippen LogP contribution in [0.3, 0.4) is 0 Å². The summed E-state index contributed by atoms with van der Waals surface area (Å²) in [5.74, 6) is -0.392. The smallest absolute Gasteiger partial charge is 0.239 e. The van der Waals surface area contributed by atoms with Gasteiger partial charge >= 0.3 is 0 Å². The van der Waals surface area contributed by atoms with E-state index in [0.29, 0.717) is 5.69 Å². The fraction of sp³-hybridized carbons (Fsp3) is 0.273. The number of fused-ring (bicyclic) bond motifs is 1. The number of amides is 1. The molecule has 0 aliphatic heterocycles. The molecule has 0 atom stereocenters. The fourth-order valence-corrected chi connectivity index (χ4v) is 1.87. The van der Waals surface area contributed by atoms with E-state index in [1.54, 1.807) is 35.1 Å². The molecule has 0 aliphatic rings. The Labute approximate surface area is 110 Å². The lowest BCUT2D eigenvalue weighted by Gasteiger charge is -2.13. The summed E-state index contributed by atoms with van der Waals surface area (Å²) >= 11 is 0. The molecule has 2 aromatic heterocycles. The Hall–Kier alpha value is -1.93. The molecule has 0 aliphatic carbocycles. The normalized spacial score (nSPS) is 11.9. The van der Waals surface area contributed by atoms with Gasteiger partial charge in [-0.05, 0) is 18.2 Å². The number of likely N-dealkylation sites (N-methyl/N-ethyl adjacent to an activating group) is 1. The van der Waals surface area contributed by atoms with Crippen LogP contribution in [0.25, 0.3) is 5.52 Å². The number of nitrogens with zero attached hydrogens (tertiary/aromatic N) is 3. The summed E-state index contributed by atoms with van der Waals surface area (Å²) < 4.78 is 25.0. The Morgan fingerprint density at radius 3 is 2.89 bits per heavy atom. The maximum atomic E-state index is 11.7. The highest BCUT2D eigenvalue weighted by atomic mass is 32.2. The lowest BCUT2D eigenvalue weighted by atomic mass is 10.3. The first kappa shape index (κ1) is 13.5. The van der Waals surface area contributed by atoms with Gasteiger partial charge in [0.2, 0.25) is 15.9 Å². The van der Waals surface area contributed by atoms with Crippen molar-refractivity contribution in [2.24, 2.45) is 0 Å². The first-order valence-electron chi connectivity index (χ1n) is 5.51. The van der Waals surface area contributed by atoms with Crippen LogP contribution in [-0.2, 0) is 14.8 Å². The molecule has 0 aromatic carbocycles. The number of sulfonamides is 1. The van der Waals surface area contributed by atoms with Crippen molar-refractivity contribution < 1.29 is 13.2 Å². The number of aromatic nitrogens is 2. The van der Waals surface area contributed by atoms with E-state index in [1.807, 2.05) is 0 Å². The second-order valence-electron chi connectivity index (χ2n) is 4.18. The van der Waals surface area contributed by atoms with Crippen LogP contribution in [0.4, 0.5) is 5.69 Å². The van der Waals surface area contributed by atoms with E-state index in [1.165, 1.54) is 7.05 Å². The molecule has 0 saturated carbocycles. The fourth-order valence-electron chi connectivity index (χ4n) is 1.52. The minimum Gasteiger partial charge on any atom is -0.325 e. The van der Waals surface area contributed by atoms with Gasteiger partial charge in [-0.15, -0.1) is 0 Å². The standard InChI is InChI=1S/C11H14N4O3S/c1-14(19(2,17)18)8-11(16)13-9-4-6-15-10(7-9)3-5-12-15/h3-7H,8H2,1-2H3,(H,13,16). The highest BCUT2D eigenvalue weighted by molar-refractivity contribution is 7.88. The van der Waals surface area contributed by atoms with Gasteiger partial charge in [-0.3, -0.25) is 4.79 Å². The third kappa shape index (κ3) is 3.30. The molecule has 2 heterocycles. The Morgan fingerprint density at radius 2 is 2.21 bits per heavy atom. The number of hydrogen-bond acceptors (Lipinski definition) is 4. The van der Waals surface area contributed by atoms with Gasteiger partial charge < -0.3 is 5.32 Å². The van der Waals surface area contributed by atoms with E-state index in [9.17, 15) is 13.2 Å². The zero-order chi connectivity index (χ0) is 14.0. The van der Waals surface area contributed by atoms with E-state index in [0.717, 1.165) is 16.1 Å². The Kier molecular flexibility index (Phi) is 3.54. The monoisotopic (exact) mass is 282 g/mol. The topological polar surface area (TPSA) is 83.8 Å². The summed E-state index contributed by atoms with van der Waals surface area (Å²) in [7, 11) is -2.00. The molecule has 0 bridgehead atoms. The summed E-state index contributed by atoms with van der Waals surface area (Å²) in [5, 5.41) is 6.68. The van der Waals surface area contributed by atoms with E-state index in [4.69, 9.17) is 0 Å². The van der Waals surface area contributed by atoms with Gasteiger partial charge in [0.25, 0.3) is 0 Å². The van der Waals surface area contributed by atoms with E-state index in [-0.39, 0.29) is 6.54 Å². The molecular weight excluding hydrogens is 268 g/mol. The summed E-state index contributed by atoms with van der Waals surface area (Å²) in [5.41, 5.74) is 1.44. The maximum absolute atomic E-state index is 11.7. The molecular formula is C11H14N4O3S. The van der Waals surface area contributed by atoms with Crippen LogP contribution in [0.2, 0.25) is 0 Å². The van der Waals surface area contributed by atoms with Gasteiger partial charge in [0, 0.05) is 25.1 Å². The Balaban J connectivity index is 2.06. The van der Waals surface area contributed by atoms with Crippen LogP contribution >= 0.6 is 0 Å². The van der Waals surface area contributed by atoms with Crippen LogP contribution in [0, 0.1) is 0 Å². The molecule has 1 amide bonds. The van der Waals surface area contributed by atoms with Gasteiger partial charge in [0.15, 0.2) is 0 Å². The van der Waals surface area contributed by atoms with Crippen LogP contribution in [-0.4, -0.2) is 48.1 Å². The van der Waals surface area contributed by atoms with Crippen LogP contribution in [0.15, 0.2) is 30.6 Å². The zero-order valence-electron chi connectivity index (χ0n) is 10.6. The molecule has 1 N–H and O–H groups in total. The highest BCUT2D eigenvalue weighted by Gasteiger charge is 2.15. The van der Waals surface area contributed by atoms with E-state index < -0.39 is 15.9 Å². The van der Waals surface area contributed by atoms with Crippen molar-refractivity contribution in [3.05, 3.63) is 30.6 Å². The Morgan fingerprint density at radius 1 is 1.47 bits per heavy atom. The van der Waals surface area contributed by atoms with E-state index in [2.05, 4.69) is 10.4 Å². The molecule has 2 rings (SSSR count).